The first-order valence-corrected chi connectivity index (χ1v) is 7.29. The van der Waals surface area contributed by atoms with Crippen molar-refractivity contribution in [3.05, 3.63) is 22.8 Å². The molecule has 1 aliphatic rings. The van der Waals surface area contributed by atoms with Gasteiger partial charge >= 0.3 is 0 Å². The SMILES string of the molecule is CCNCc1cnc(N2CCCCCC2)c(Cl)c1. The van der Waals surface area contributed by atoms with Crippen LogP contribution in [0.1, 0.15) is 38.2 Å². The first kappa shape index (κ1) is 13.6. The van der Waals surface area contributed by atoms with E-state index in [4.69, 9.17) is 11.6 Å². The topological polar surface area (TPSA) is 28.2 Å². The van der Waals surface area contributed by atoms with Gasteiger partial charge in [-0.3, -0.25) is 0 Å². The minimum absolute atomic E-state index is 0.785. The fourth-order valence-electron chi connectivity index (χ4n) is 2.35. The van der Waals surface area contributed by atoms with Crippen molar-refractivity contribution in [3.8, 4) is 0 Å². The van der Waals surface area contributed by atoms with Crippen LogP contribution in [-0.4, -0.2) is 24.6 Å². The summed E-state index contributed by atoms with van der Waals surface area (Å²) in [5.41, 5.74) is 1.15. The zero-order valence-corrected chi connectivity index (χ0v) is 11.8. The molecule has 0 aromatic carbocycles. The van der Waals surface area contributed by atoms with Gasteiger partial charge < -0.3 is 10.2 Å². The number of hydrogen-bond donors (Lipinski definition) is 1. The molecule has 1 fully saturated rings. The van der Waals surface area contributed by atoms with E-state index < -0.39 is 0 Å². The molecule has 4 heteroatoms. The molecule has 3 nitrogen and oxygen atoms in total. The highest BCUT2D eigenvalue weighted by Crippen LogP contribution is 2.26. The van der Waals surface area contributed by atoms with Crippen LogP contribution in [0, 0.1) is 0 Å². The van der Waals surface area contributed by atoms with Gasteiger partial charge in [0.2, 0.25) is 0 Å². The average molecular weight is 268 g/mol. The van der Waals surface area contributed by atoms with Crippen molar-refractivity contribution >= 4 is 17.4 Å². The molecule has 1 saturated heterocycles. The highest BCUT2D eigenvalue weighted by molar-refractivity contribution is 6.33. The second-order valence-corrected chi connectivity index (χ2v) is 5.24. The Morgan fingerprint density at radius 2 is 2.00 bits per heavy atom. The van der Waals surface area contributed by atoms with Crippen LogP contribution >= 0.6 is 11.6 Å². The van der Waals surface area contributed by atoms with Crippen LogP contribution < -0.4 is 10.2 Å². The van der Waals surface area contributed by atoms with Gasteiger partial charge in [0.25, 0.3) is 0 Å². The number of aromatic nitrogens is 1. The van der Waals surface area contributed by atoms with E-state index in [1.54, 1.807) is 0 Å². The van der Waals surface area contributed by atoms with Gasteiger partial charge in [0.1, 0.15) is 5.82 Å². The van der Waals surface area contributed by atoms with Crippen LogP contribution in [0.3, 0.4) is 0 Å². The van der Waals surface area contributed by atoms with Gasteiger partial charge in [-0.05, 0) is 31.0 Å². The van der Waals surface area contributed by atoms with Gasteiger partial charge in [-0.2, -0.15) is 0 Å². The maximum Gasteiger partial charge on any atom is 0.147 e. The lowest BCUT2D eigenvalue weighted by Crippen LogP contribution is -2.25. The van der Waals surface area contributed by atoms with Crippen molar-refractivity contribution in [2.24, 2.45) is 0 Å². The van der Waals surface area contributed by atoms with Gasteiger partial charge in [-0.1, -0.05) is 31.4 Å². The molecule has 1 N–H and O–H groups in total. The van der Waals surface area contributed by atoms with E-state index in [1.165, 1.54) is 25.7 Å². The predicted octanol–water partition coefficient (Wildman–Crippen LogP) is 3.22. The van der Waals surface area contributed by atoms with E-state index in [1.807, 2.05) is 12.3 Å². The Bertz CT molecular complexity index is 373. The average Bonchev–Trinajstić information content (AvgIpc) is 2.65. The first-order chi connectivity index (χ1) is 8.81. The third kappa shape index (κ3) is 3.59. The van der Waals surface area contributed by atoms with E-state index >= 15 is 0 Å². The first-order valence-electron chi connectivity index (χ1n) is 6.91. The zero-order valence-electron chi connectivity index (χ0n) is 11.1. The summed E-state index contributed by atoms with van der Waals surface area (Å²) < 4.78 is 0. The van der Waals surface area contributed by atoms with Crippen molar-refractivity contribution in [2.75, 3.05) is 24.5 Å². The third-order valence-electron chi connectivity index (χ3n) is 3.36. The van der Waals surface area contributed by atoms with Crippen LogP contribution in [-0.2, 0) is 6.54 Å². The van der Waals surface area contributed by atoms with Crippen LogP contribution in [0.25, 0.3) is 0 Å². The Hall–Kier alpha value is -0.800. The Balaban J connectivity index is 2.08. The molecule has 0 spiro atoms. The lowest BCUT2D eigenvalue weighted by molar-refractivity contribution is 0.722. The molecule has 0 aliphatic carbocycles. The summed E-state index contributed by atoms with van der Waals surface area (Å²) in [6, 6.07) is 2.04. The quantitative estimate of drug-likeness (QED) is 0.908. The van der Waals surface area contributed by atoms with Gasteiger partial charge in [-0.25, -0.2) is 4.98 Å². The smallest absolute Gasteiger partial charge is 0.147 e. The molecule has 2 heterocycles. The van der Waals surface area contributed by atoms with Crippen LogP contribution in [0.15, 0.2) is 12.3 Å². The summed E-state index contributed by atoms with van der Waals surface area (Å²) in [5.74, 6) is 0.957. The van der Waals surface area contributed by atoms with Gasteiger partial charge in [-0.15, -0.1) is 0 Å². The van der Waals surface area contributed by atoms with Crippen molar-refractivity contribution in [1.82, 2.24) is 10.3 Å². The molecule has 1 aliphatic heterocycles. The summed E-state index contributed by atoms with van der Waals surface area (Å²) in [6.45, 7) is 6.06. The minimum atomic E-state index is 0.785. The Morgan fingerprint density at radius 1 is 1.28 bits per heavy atom. The van der Waals surface area contributed by atoms with Gasteiger partial charge in [0, 0.05) is 25.8 Å². The van der Waals surface area contributed by atoms with Crippen LogP contribution in [0.4, 0.5) is 5.82 Å². The number of nitrogens with zero attached hydrogens (tertiary/aromatic N) is 2. The van der Waals surface area contributed by atoms with Gasteiger partial charge in [0.15, 0.2) is 0 Å². The Kier molecular flexibility index (Phi) is 5.26. The van der Waals surface area contributed by atoms with Crippen molar-refractivity contribution < 1.29 is 0 Å². The molecule has 0 atom stereocenters. The molecule has 0 unspecified atom stereocenters. The maximum atomic E-state index is 6.36. The van der Waals surface area contributed by atoms with Crippen LogP contribution in [0.5, 0.6) is 0 Å². The van der Waals surface area contributed by atoms with E-state index in [0.717, 1.165) is 42.6 Å². The third-order valence-corrected chi connectivity index (χ3v) is 3.64. The summed E-state index contributed by atoms with van der Waals surface area (Å²) in [5, 5.41) is 4.07. The molecule has 0 bridgehead atoms. The number of rotatable bonds is 4. The fourth-order valence-corrected chi connectivity index (χ4v) is 2.66. The lowest BCUT2D eigenvalue weighted by Gasteiger charge is -2.22. The molecule has 0 saturated carbocycles. The Labute approximate surface area is 115 Å². The van der Waals surface area contributed by atoms with Crippen molar-refractivity contribution in [2.45, 2.75) is 39.2 Å². The maximum absolute atomic E-state index is 6.36. The van der Waals surface area contributed by atoms with E-state index in [0.29, 0.717) is 0 Å². The molecule has 1 aromatic heterocycles. The summed E-state index contributed by atoms with van der Waals surface area (Å²) in [6.07, 6.45) is 7.09. The molecule has 2 rings (SSSR count). The summed E-state index contributed by atoms with van der Waals surface area (Å²) >= 11 is 6.36. The van der Waals surface area contributed by atoms with E-state index in [9.17, 15) is 0 Å². The lowest BCUT2D eigenvalue weighted by atomic mass is 10.2. The highest BCUT2D eigenvalue weighted by Gasteiger charge is 2.14. The Morgan fingerprint density at radius 3 is 2.61 bits per heavy atom. The molecule has 0 amide bonds. The standard InChI is InChI=1S/C14H22ClN3/c1-2-16-10-12-9-13(15)14(17-11-12)18-7-5-3-4-6-8-18/h9,11,16H,2-8,10H2,1H3. The highest BCUT2D eigenvalue weighted by atomic mass is 35.5. The monoisotopic (exact) mass is 267 g/mol. The van der Waals surface area contributed by atoms with E-state index in [2.05, 4.69) is 22.1 Å². The van der Waals surface area contributed by atoms with Crippen LogP contribution in [0.2, 0.25) is 5.02 Å². The number of halogens is 1. The number of anilines is 1. The van der Waals surface area contributed by atoms with E-state index in [-0.39, 0.29) is 0 Å². The van der Waals surface area contributed by atoms with Gasteiger partial charge in [0.05, 0.1) is 5.02 Å². The largest absolute Gasteiger partial charge is 0.355 e. The molecular weight excluding hydrogens is 246 g/mol. The molecule has 1 aromatic rings. The van der Waals surface area contributed by atoms with Crippen molar-refractivity contribution in [3.63, 3.8) is 0 Å². The summed E-state index contributed by atoms with van der Waals surface area (Å²) in [7, 11) is 0. The normalized spacial score (nSPS) is 16.7. The number of pyridine rings is 1. The number of hydrogen-bond acceptors (Lipinski definition) is 3. The molecule has 0 radical (unpaired) electrons. The second kappa shape index (κ2) is 6.95. The summed E-state index contributed by atoms with van der Waals surface area (Å²) in [4.78, 5) is 6.88. The number of nitrogens with one attached hydrogen (secondary N) is 1. The predicted molar refractivity (Wildman–Crippen MR) is 77.3 cm³/mol. The second-order valence-electron chi connectivity index (χ2n) is 4.83. The molecule has 18 heavy (non-hydrogen) atoms. The minimum Gasteiger partial charge on any atom is -0.355 e. The fraction of sp³-hybridized carbons (Fsp3) is 0.643. The molecular formula is C14H22ClN3. The van der Waals surface area contributed by atoms with Crippen molar-refractivity contribution in [1.29, 1.82) is 0 Å². The molecule has 100 valence electrons. The zero-order chi connectivity index (χ0) is 12.8.